The molecule has 0 rings (SSSR count). The molecule has 29 heavy (non-hydrogen) atoms. The van der Waals surface area contributed by atoms with E-state index in [9.17, 15) is 33.9 Å². The molecule has 0 saturated heterocycles. The molecule has 0 aliphatic heterocycles. The molecule has 0 radical (unpaired) electrons. The average molecular weight is 419 g/mol. The number of hydrogen-bond acceptors (Lipinski definition) is 8. The minimum atomic E-state index is -1.52. The molecule has 0 aliphatic rings. The lowest BCUT2D eigenvalue weighted by Gasteiger charge is -2.22. The zero-order valence-electron chi connectivity index (χ0n) is 15.6. The number of carboxylic acids is 2. The molecule has 4 amide bonds. The molecule has 0 fully saturated rings. The summed E-state index contributed by atoms with van der Waals surface area (Å²) in [7, 11) is 0. The average Bonchev–Trinajstić information content (AvgIpc) is 2.59. The molecule has 10 N–H and O–H groups in total. The second-order valence-corrected chi connectivity index (χ2v) is 6.11. The van der Waals surface area contributed by atoms with Gasteiger partial charge in [0.15, 0.2) is 0 Å². The maximum atomic E-state index is 12.1. The number of nitrogens with two attached hydrogens (primary N) is 2. The van der Waals surface area contributed by atoms with E-state index < -0.39 is 79.2 Å². The van der Waals surface area contributed by atoms with Crippen molar-refractivity contribution in [2.75, 3.05) is 6.54 Å². The minimum absolute atomic E-state index is 0.367. The lowest BCUT2D eigenvalue weighted by molar-refractivity contribution is -0.143. The number of carbonyl (C=O) groups excluding carboxylic acids is 4. The maximum Gasteiger partial charge on any atom is 0.326 e. The van der Waals surface area contributed by atoms with Crippen LogP contribution in [0.4, 0.5) is 0 Å². The fourth-order valence-corrected chi connectivity index (χ4v) is 2.02. The van der Waals surface area contributed by atoms with Gasteiger partial charge in [0.1, 0.15) is 12.1 Å². The number of primary amides is 1. The zero-order valence-corrected chi connectivity index (χ0v) is 15.6. The highest BCUT2D eigenvalue weighted by molar-refractivity contribution is 5.94. The number of aliphatic carboxylic acids is 2. The van der Waals surface area contributed by atoms with E-state index in [0.717, 1.165) is 0 Å². The Morgan fingerprint density at radius 2 is 1.59 bits per heavy atom. The largest absolute Gasteiger partial charge is 0.481 e. The highest BCUT2D eigenvalue weighted by atomic mass is 16.4. The maximum absolute atomic E-state index is 12.1. The molecular formula is C15H25N5O9. The Kier molecular flexibility index (Phi) is 10.9. The molecule has 0 aromatic heterocycles. The van der Waals surface area contributed by atoms with E-state index in [1.807, 2.05) is 5.32 Å². The predicted octanol–water partition coefficient (Wildman–Crippen LogP) is -4.39. The summed E-state index contributed by atoms with van der Waals surface area (Å²) in [5.74, 6) is -6.40. The quantitative estimate of drug-likeness (QED) is 0.142. The van der Waals surface area contributed by atoms with Gasteiger partial charge < -0.3 is 42.7 Å². The van der Waals surface area contributed by atoms with E-state index in [2.05, 4.69) is 10.6 Å². The van der Waals surface area contributed by atoms with Crippen molar-refractivity contribution in [1.29, 1.82) is 0 Å². The van der Waals surface area contributed by atoms with Crippen molar-refractivity contribution in [3.05, 3.63) is 0 Å². The number of carboxylic acid groups (broad SMARTS) is 2. The van der Waals surface area contributed by atoms with Crippen LogP contribution in [0.3, 0.4) is 0 Å². The van der Waals surface area contributed by atoms with Crippen LogP contribution < -0.4 is 27.4 Å². The third-order valence-electron chi connectivity index (χ3n) is 3.52. The number of amides is 4. The summed E-state index contributed by atoms with van der Waals surface area (Å²) >= 11 is 0. The van der Waals surface area contributed by atoms with Crippen LogP contribution >= 0.6 is 0 Å². The van der Waals surface area contributed by atoms with Crippen LogP contribution in [0.1, 0.15) is 26.2 Å². The molecule has 4 atom stereocenters. The summed E-state index contributed by atoms with van der Waals surface area (Å²) in [6.45, 7) is 0.471. The number of aliphatic hydroxyl groups is 1. The Morgan fingerprint density at radius 3 is 2.03 bits per heavy atom. The monoisotopic (exact) mass is 419 g/mol. The molecule has 14 heteroatoms. The Bertz CT molecular complexity index is 652. The van der Waals surface area contributed by atoms with E-state index in [4.69, 9.17) is 21.7 Å². The minimum Gasteiger partial charge on any atom is -0.481 e. The van der Waals surface area contributed by atoms with E-state index in [1.165, 1.54) is 6.92 Å². The van der Waals surface area contributed by atoms with Crippen LogP contribution in [0.2, 0.25) is 0 Å². The second kappa shape index (κ2) is 12.2. The Labute approximate surface area is 165 Å². The molecule has 0 heterocycles. The molecule has 4 unspecified atom stereocenters. The van der Waals surface area contributed by atoms with E-state index >= 15 is 0 Å². The molecule has 0 saturated carbocycles. The molecule has 14 nitrogen and oxygen atoms in total. The fourth-order valence-electron chi connectivity index (χ4n) is 2.02. The Balaban J connectivity index is 4.76. The van der Waals surface area contributed by atoms with Gasteiger partial charge in [-0.25, -0.2) is 4.79 Å². The lowest BCUT2D eigenvalue weighted by Crippen LogP contribution is -2.57. The van der Waals surface area contributed by atoms with Gasteiger partial charge in [-0.2, -0.15) is 0 Å². The van der Waals surface area contributed by atoms with Crippen molar-refractivity contribution >= 4 is 35.6 Å². The fraction of sp³-hybridized carbons (Fsp3) is 0.600. The summed E-state index contributed by atoms with van der Waals surface area (Å²) in [6.07, 6.45) is -2.75. The smallest absolute Gasteiger partial charge is 0.326 e. The molecule has 0 aliphatic carbocycles. The molecule has 164 valence electrons. The molecule has 0 aromatic rings. The standard InChI is InChI=1S/C15H25N5O9/c1-6(21)12(20-13(26)7(16)4-9(17)22)14(27)18-5-10(23)19-8(15(28)29)2-3-11(24)25/h6-8,12,21H,2-5,16H2,1H3,(H2,17,22)(H,18,27)(H,19,23)(H,20,26)(H,24,25)(H,28,29). The highest BCUT2D eigenvalue weighted by Gasteiger charge is 2.29. The van der Waals surface area contributed by atoms with E-state index in [-0.39, 0.29) is 6.42 Å². The molecule has 0 aromatic carbocycles. The number of aliphatic hydroxyl groups excluding tert-OH is 1. The topological polar surface area (TPSA) is 251 Å². The van der Waals surface area contributed by atoms with Gasteiger partial charge in [-0.15, -0.1) is 0 Å². The summed E-state index contributed by atoms with van der Waals surface area (Å²) in [4.78, 5) is 68.1. The van der Waals surface area contributed by atoms with Crippen molar-refractivity contribution < 1.29 is 44.1 Å². The third-order valence-corrected chi connectivity index (χ3v) is 3.52. The van der Waals surface area contributed by atoms with E-state index in [0.29, 0.717) is 0 Å². The number of nitrogens with one attached hydrogen (secondary N) is 3. The van der Waals surface area contributed by atoms with Crippen LogP contribution in [0.5, 0.6) is 0 Å². The van der Waals surface area contributed by atoms with E-state index in [1.54, 1.807) is 0 Å². The summed E-state index contributed by atoms with van der Waals surface area (Å²) in [5.41, 5.74) is 10.3. The first kappa shape index (κ1) is 25.7. The normalized spacial score (nSPS) is 14.6. The van der Waals surface area contributed by atoms with Crippen LogP contribution in [0.15, 0.2) is 0 Å². The van der Waals surface area contributed by atoms with Crippen LogP contribution in [0, 0.1) is 0 Å². The summed E-state index contributed by atoms with van der Waals surface area (Å²) in [5, 5.41) is 33.4. The van der Waals surface area contributed by atoms with Gasteiger partial charge in [0.2, 0.25) is 23.6 Å². The summed E-state index contributed by atoms with van der Waals surface area (Å²) < 4.78 is 0. The first-order valence-electron chi connectivity index (χ1n) is 8.39. The Morgan fingerprint density at radius 1 is 1.00 bits per heavy atom. The first-order valence-corrected chi connectivity index (χ1v) is 8.39. The third kappa shape index (κ3) is 10.6. The molecule has 0 spiro atoms. The van der Waals surface area contributed by atoms with Crippen molar-refractivity contribution in [1.82, 2.24) is 16.0 Å². The van der Waals surface area contributed by atoms with Crippen molar-refractivity contribution in [3.63, 3.8) is 0 Å². The van der Waals surface area contributed by atoms with Crippen LogP contribution in [-0.2, 0) is 28.8 Å². The van der Waals surface area contributed by atoms with Gasteiger partial charge in [0.25, 0.3) is 0 Å². The lowest BCUT2D eigenvalue weighted by atomic mass is 10.1. The van der Waals surface area contributed by atoms with Gasteiger partial charge in [-0.3, -0.25) is 24.0 Å². The van der Waals surface area contributed by atoms with Crippen LogP contribution in [-0.4, -0.2) is 81.7 Å². The summed E-state index contributed by atoms with van der Waals surface area (Å²) in [6, 6.07) is -4.35. The predicted molar refractivity (Wildman–Crippen MR) is 94.8 cm³/mol. The molecular weight excluding hydrogens is 394 g/mol. The van der Waals surface area contributed by atoms with Crippen molar-refractivity contribution in [2.24, 2.45) is 11.5 Å². The van der Waals surface area contributed by atoms with Gasteiger partial charge in [0, 0.05) is 6.42 Å². The number of hydrogen-bond donors (Lipinski definition) is 8. The van der Waals surface area contributed by atoms with Crippen molar-refractivity contribution in [2.45, 2.75) is 50.4 Å². The number of rotatable bonds is 13. The molecule has 0 bridgehead atoms. The zero-order chi connectivity index (χ0) is 22.7. The van der Waals surface area contributed by atoms with Crippen molar-refractivity contribution in [3.8, 4) is 0 Å². The van der Waals surface area contributed by atoms with Crippen LogP contribution in [0.25, 0.3) is 0 Å². The highest BCUT2D eigenvalue weighted by Crippen LogP contribution is 1.99. The Hall–Kier alpha value is -3.26. The van der Waals surface area contributed by atoms with Gasteiger partial charge in [0.05, 0.1) is 25.1 Å². The van der Waals surface area contributed by atoms with Gasteiger partial charge in [-0.05, 0) is 13.3 Å². The second-order valence-electron chi connectivity index (χ2n) is 6.11. The number of carbonyl (C=O) groups is 6. The van der Waals surface area contributed by atoms with Gasteiger partial charge >= 0.3 is 11.9 Å². The first-order chi connectivity index (χ1) is 13.3. The van der Waals surface area contributed by atoms with Gasteiger partial charge in [-0.1, -0.05) is 0 Å². The SMILES string of the molecule is CC(O)C(NC(=O)C(N)CC(N)=O)C(=O)NCC(=O)NC(CCC(=O)O)C(=O)O.